The Morgan fingerprint density at radius 1 is 0.459 bits per heavy atom. The number of hydrogen-bond acceptors (Lipinski definition) is 6. The number of ether oxygens (including phenoxy) is 4. The minimum absolute atomic E-state index is 0.328. The molecule has 0 radical (unpaired) electrons. The van der Waals surface area contributed by atoms with Gasteiger partial charge in [0.15, 0.2) is 12.6 Å². The van der Waals surface area contributed by atoms with Gasteiger partial charge in [0.25, 0.3) is 0 Å². The van der Waals surface area contributed by atoms with Crippen molar-refractivity contribution < 1.29 is 27.8 Å². The molecule has 2 fully saturated rings. The van der Waals surface area contributed by atoms with E-state index in [0.29, 0.717) is 26.4 Å². The van der Waals surface area contributed by atoms with Gasteiger partial charge >= 0.3 is 0 Å². The number of benzene rings is 4. The van der Waals surface area contributed by atoms with Gasteiger partial charge in [-0.3, -0.25) is 0 Å². The van der Waals surface area contributed by atoms with Crippen molar-refractivity contribution in [3.8, 4) is 0 Å². The van der Waals surface area contributed by atoms with E-state index in [1.54, 1.807) is 0 Å². The van der Waals surface area contributed by atoms with Crippen molar-refractivity contribution in [1.82, 2.24) is 0 Å². The summed E-state index contributed by atoms with van der Waals surface area (Å²) < 4.78 is 36.7. The van der Waals surface area contributed by atoms with Gasteiger partial charge in [0, 0.05) is 32.7 Å². The summed E-state index contributed by atoms with van der Waals surface area (Å²) in [5.74, 6) is 0. The quantitative estimate of drug-likeness (QED) is 0.253. The number of furan rings is 2. The van der Waals surface area contributed by atoms with E-state index in [0.717, 1.165) is 55.0 Å². The van der Waals surface area contributed by atoms with E-state index in [9.17, 15) is 0 Å². The van der Waals surface area contributed by atoms with E-state index in [2.05, 4.69) is 24.3 Å². The average Bonchev–Trinajstić information content (AvgIpc) is 3.51. The molecular formula is C31H24O6. The molecule has 8 rings (SSSR count). The lowest BCUT2D eigenvalue weighted by Gasteiger charge is -2.43. The molecule has 0 saturated carbocycles. The maximum Gasteiger partial charge on any atom is 0.183 e. The molecule has 37 heavy (non-hydrogen) atoms. The van der Waals surface area contributed by atoms with Crippen LogP contribution in [0, 0.1) is 5.41 Å². The molecule has 6 nitrogen and oxygen atoms in total. The Morgan fingerprint density at radius 3 is 1.32 bits per heavy atom. The van der Waals surface area contributed by atoms with Gasteiger partial charge in [-0.15, -0.1) is 0 Å². The summed E-state index contributed by atoms with van der Waals surface area (Å²) in [7, 11) is 0. The summed E-state index contributed by atoms with van der Waals surface area (Å²) in [6, 6.07) is 28.3. The van der Waals surface area contributed by atoms with Crippen molar-refractivity contribution in [2.75, 3.05) is 26.4 Å². The highest BCUT2D eigenvalue weighted by molar-refractivity contribution is 6.05. The van der Waals surface area contributed by atoms with E-state index in [1.165, 1.54) is 0 Å². The van der Waals surface area contributed by atoms with E-state index >= 15 is 0 Å². The highest BCUT2D eigenvalue weighted by Gasteiger charge is 2.42. The first-order valence-corrected chi connectivity index (χ1v) is 12.5. The minimum atomic E-state index is -0.432. The van der Waals surface area contributed by atoms with Crippen LogP contribution in [0.5, 0.6) is 0 Å². The van der Waals surface area contributed by atoms with Gasteiger partial charge in [0.1, 0.15) is 22.3 Å². The Labute approximate surface area is 212 Å². The average molecular weight is 493 g/mol. The molecule has 184 valence electrons. The van der Waals surface area contributed by atoms with Crippen molar-refractivity contribution in [3.63, 3.8) is 0 Å². The van der Waals surface area contributed by atoms with Crippen molar-refractivity contribution in [3.05, 3.63) is 96.1 Å². The zero-order chi connectivity index (χ0) is 24.4. The fourth-order valence-electron chi connectivity index (χ4n) is 5.52. The Hall–Kier alpha value is -3.68. The number of hydrogen-bond donors (Lipinski definition) is 0. The van der Waals surface area contributed by atoms with E-state index in [4.69, 9.17) is 27.8 Å². The van der Waals surface area contributed by atoms with E-state index < -0.39 is 12.6 Å². The van der Waals surface area contributed by atoms with Crippen LogP contribution in [0.3, 0.4) is 0 Å². The van der Waals surface area contributed by atoms with Gasteiger partial charge in [-0.1, -0.05) is 48.5 Å². The first-order valence-electron chi connectivity index (χ1n) is 12.5. The van der Waals surface area contributed by atoms with Crippen LogP contribution >= 0.6 is 0 Å². The second-order valence-corrected chi connectivity index (χ2v) is 10.1. The number of fused-ring (bicyclic) bond motifs is 6. The molecule has 6 aromatic rings. The molecule has 6 heteroatoms. The Kier molecular flexibility index (Phi) is 4.72. The van der Waals surface area contributed by atoms with Crippen LogP contribution in [-0.2, 0) is 18.9 Å². The molecule has 0 N–H and O–H groups in total. The summed E-state index contributed by atoms with van der Waals surface area (Å²) in [5, 5.41) is 4.31. The molecule has 0 bridgehead atoms. The molecule has 2 aliphatic rings. The largest absolute Gasteiger partial charge is 0.456 e. The molecule has 0 aliphatic carbocycles. The van der Waals surface area contributed by atoms with Crippen LogP contribution in [0.15, 0.2) is 93.8 Å². The molecule has 1 spiro atoms. The van der Waals surface area contributed by atoms with Crippen molar-refractivity contribution in [1.29, 1.82) is 0 Å². The number of para-hydroxylation sites is 2. The molecule has 0 atom stereocenters. The Bertz CT molecular complexity index is 1630. The highest BCUT2D eigenvalue weighted by Crippen LogP contribution is 2.40. The third-order valence-electron chi connectivity index (χ3n) is 7.51. The molecular weight excluding hydrogens is 468 g/mol. The minimum Gasteiger partial charge on any atom is -0.456 e. The summed E-state index contributed by atoms with van der Waals surface area (Å²) in [6.07, 6.45) is -0.864. The second kappa shape index (κ2) is 8.16. The second-order valence-electron chi connectivity index (χ2n) is 10.1. The summed E-state index contributed by atoms with van der Waals surface area (Å²) in [4.78, 5) is 0. The third kappa shape index (κ3) is 3.49. The van der Waals surface area contributed by atoms with E-state index in [-0.39, 0.29) is 5.41 Å². The molecule has 0 unspecified atom stereocenters. The fraction of sp³-hybridized carbons (Fsp3) is 0.226. The monoisotopic (exact) mass is 492 g/mol. The highest BCUT2D eigenvalue weighted by atomic mass is 16.7. The van der Waals surface area contributed by atoms with Crippen LogP contribution in [0.1, 0.15) is 23.7 Å². The van der Waals surface area contributed by atoms with Crippen LogP contribution < -0.4 is 0 Å². The van der Waals surface area contributed by atoms with Gasteiger partial charge in [0.05, 0.1) is 31.8 Å². The Balaban J connectivity index is 0.975. The Morgan fingerprint density at radius 2 is 0.865 bits per heavy atom. The predicted molar refractivity (Wildman–Crippen MR) is 139 cm³/mol. The molecule has 4 aromatic carbocycles. The molecule has 2 aromatic heterocycles. The number of rotatable bonds is 2. The van der Waals surface area contributed by atoms with Gasteiger partial charge in [-0.25, -0.2) is 0 Å². The summed E-state index contributed by atoms with van der Waals surface area (Å²) in [5.41, 5.74) is 5.11. The molecule has 2 saturated heterocycles. The molecule has 0 amide bonds. The van der Waals surface area contributed by atoms with Gasteiger partial charge < -0.3 is 27.8 Å². The van der Waals surface area contributed by atoms with Crippen LogP contribution in [0.4, 0.5) is 0 Å². The lowest BCUT2D eigenvalue weighted by molar-refractivity contribution is -0.307. The maximum atomic E-state index is 6.21. The van der Waals surface area contributed by atoms with Gasteiger partial charge in [-0.2, -0.15) is 0 Å². The first kappa shape index (κ1) is 21.4. The predicted octanol–water partition coefficient (Wildman–Crippen LogP) is 7.26. The summed E-state index contributed by atoms with van der Waals surface area (Å²) in [6.45, 7) is 2.00. The normalized spacial score (nSPS) is 24.5. The third-order valence-corrected chi connectivity index (χ3v) is 7.51. The van der Waals surface area contributed by atoms with Crippen molar-refractivity contribution in [2.24, 2.45) is 5.41 Å². The lowest BCUT2D eigenvalue weighted by Crippen LogP contribution is -2.49. The first-order chi connectivity index (χ1) is 18.2. The van der Waals surface area contributed by atoms with Crippen LogP contribution in [-0.4, -0.2) is 26.4 Å². The van der Waals surface area contributed by atoms with E-state index in [1.807, 2.05) is 60.7 Å². The fourth-order valence-corrected chi connectivity index (χ4v) is 5.52. The SMILES string of the molecule is c1ccc2c(c1)oc1ccc(C3OCC4(CO3)COC(c3ccc5oc6ccccc6c5c3)OC4)cc12. The molecule has 4 heterocycles. The lowest BCUT2D eigenvalue weighted by atomic mass is 9.90. The summed E-state index contributed by atoms with van der Waals surface area (Å²) >= 11 is 0. The smallest absolute Gasteiger partial charge is 0.183 e. The van der Waals surface area contributed by atoms with Crippen LogP contribution in [0.25, 0.3) is 43.9 Å². The molecule has 2 aliphatic heterocycles. The van der Waals surface area contributed by atoms with Crippen molar-refractivity contribution >= 4 is 43.9 Å². The van der Waals surface area contributed by atoms with Gasteiger partial charge in [0.2, 0.25) is 0 Å². The zero-order valence-electron chi connectivity index (χ0n) is 20.0. The van der Waals surface area contributed by atoms with Crippen molar-refractivity contribution in [2.45, 2.75) is 12.6 Å². The van der Waals surface area contributed by atoms with Crippen LogP contribution in [0.2, 0.25) is 0 Å². The maximum absolute atomic E-state index is 6.21. The van der Waals surface area contributed by atoms with Gasteiger partial charge in [-0.05, 0) is 36.4 Å². The topological polar surface area (TPSA) is 63.2 Å². The standard InChI is InChI=1S/C31H24O6/c1-3-7-25-21(5-1)23-13-19(9-11-27(23)36-25)29-32-15-31(16-33-29)17-34-30(35-18-31)20-10-12-28-24(14-20)22-6-2-4-8-26(22)37-28/h1-14,29-30H,15-18H2. The zero-order valence-corrected chi connectivity index (χ0v) is 20.0.